The molecule has 0 radical (unpaired) electrons. The van der Waals surface area contributed by atoms with Crippen molar-refractivity contribution in [1.82, 2.24) is 15.5 Å². The third-order valence-corrected chi connectivity index (χ3v) is 7.01. The molecule has 0 fully saturated rings. The number of benzene rings is 1. The first-order valence-electron chi connectivity index (χ1n) is 12.8. The molecule has 1 rings (SSSR count). The number of carbonyl (C=O) groups excluding carboxylic acids is 3. The number of amides is 2. The second-order valence-corrected chi connectivity index (χ2v) is 11.9. The van der Waals surface area contributed by atoms with E-state index in [4.69, 9.17) is 16.3 Å². The summed E-state index contributed by atoms with van der Waals surface area (Å²) in [6.07, 6.45) is 1.77. The molecule has 0 aliphatic carbocycles. The fourth-order valence-corrected chi connectivity index (χ4v) is 4.54. The topological polar surface area (TPSA) is 87.7 Å². The highest BCUT2D eigenvalue weighted by atomic mass is 35.5. The van der Waals surface area contributed by atoms with Crippen LogP contribution >= 0.6 is 11.6 Å². The number of nitrogens with one attached hydrogen (secondary N) is 2. The molecule has 0 spiro atoms. The maximum atomic E-state index is 13.8. The third-order valence-electron chi connectivity index (χ3n) is 6.76. The Hall–Kier alpha value is -2.38. The first-order chi connectivity index (χ1) is 17.0. The van der Waals surface area contributed by atoms with Gasteiger partial charge in [0.25, 0.3) is 0 Å². The Morgan fingerprint density at radius 3 is 2.03 bits per heavy atom. The van der Waals surface area contributed by atoms with Crippen molar-refractivity contribution >= 4 is 29.4 Å². The van der Waals surface area contributed by atoms with Gasteiger partial charge in [0.15, 0.2) is 0 Å². The van der Waals surface area contributed by atoms with Gasteiger partial charge in [-0.2, -0.15) is 0 Å². The molecule has 208 valence electrons. The van der Waals surface area contributed by atoms with Crippen LogP contribution in [0.2, 0.25) is 5.02 Å². The summed E-state index contributed by atoms with van der Waals surface area (Å²) in [4.78, 5) is 41.3. The lowest BCUT2D eigenvalue weighted by molar-refractivity contribution is -0.141. The highest BCUT2D eigenvalue weighted by Gasteiger charge is 2.41. The summed E-state index contributed by atoms with van der Waals surface area (Å²) in [5.41, 5.74) is 0.240. The number of nitrogens with zero attached hydrogens (tertiary/aromatic N) is 1. The lowest BCUT2D eigenvalue weighted by Crippen LogP contribution is -2.61. The van der Waals surface area contributed by atoms with Gasteiger partial charge >= 0.3 is 5.97 Å². The Labute approximate surface area is 228 Å². The lowest BCUT2D eigenvalue weighted by Gasteiger charge is -2.40. The molecule has 0 bridgehead atoms. The molecule has 8 heteroatoms. The zero-order valence-electron chi connectivity index (χ0n) is 24.4. The van der Waals surface area contributed by atoms with Gasteiger partial charge in [-0.05, 0) is 49.9 Å². The Balaban J connectivity index is 3.30. The van der Waals surface area contributed by atoms with E-state index in [9.17, 15) is 14.4 Å². The Morgan fingerprint density at radius 1 is 1.05 bits per heavy atom. The van der Waals surface area contributed by atoms with Crippen molar-refractivity contribution in [1.29, 1.82) is 0 Å². The maximum Gasteiger partial charge on any atom is 0.333 e. The van der Waals surface area contributed by atoms with Crippen LogP contribution in [0.25, 0.3) is 0 Å². The number of hydrogen-bond acceptors (Lipinski definition) is 5. The molecule has 0 aliphatic rings. The van der Waals surface area contributed by atoms with Crippen LogP contribution in [0.4, 0.5) is 0 Å². The second-order valence-electron chi connectivity index (χ2n) is 11.5. The normalized spacial score (nSPS) is 15.1. The van der Waals surface area contributed by atoms with Crippen LogP contribution in [0.15, 0.2) is 35.9 Å². The van der Waals surface area contributed by atoms with Gasteiger partial charge in [-0.25, -0.2) is 4.79 Å². The summed E-state index contributed by atoms with van der Waals surface area (Å²) in [6, 6.07) is 5.67. The minimum Gasteiger partial charge on any atom is -0.463 e. The molecule has 0 aromatic heterocycles. The fourth-order valence-electron chi connectivity index (χ4n) is 4.41. The van der Waals surface area contributed by atoms with Gasteiger partial charge in [0.1, 0.15) is 6.04 Å². The van der Waals surface area contributed by atoms with Gasteiger partial charge in [-0.3, -0.25) is 9.59 Å². The average Bonchev–Trinajstić information content (AvgIpc) is 2.79. The highest BCUT2D eigenvalue weighted by Crippen LogP contribution is 2.30. The van der Waals surface area contributed by atoms with Crippen molar-refractivity contribution < 1.29 is 19.1 Å². The molecule has 0 saturated heterocycles. The number of carbonyl (C=O) groups is 3. The maximum absolute atomic E-state index is 13.8. The van der Waals surface area contributed by atoms with Crippen LogP contribution in [0.5, 0.6) is 0 Å². The van der Waals surface area contributed by atoms with Gasteiger partial charge in [0.2, 0.25) is 11.8 Å². The zero-order valence-corrected chi connectivity index (χ0v) is 25.1. The number of halogens is 1. The standard InChI is InChI=1S/C29H46ClN3O4/c1-12-37-27(36)19(4)17-22(18(2)3)33(11)26(35)24(28(5,6)7)32-25(34)23(31-10)29(8,9)20-13-15-21(30)16-14-20/h13-18,22-24,31H,12H2,1-11H3,(H,32,34)/t22-,23+,24?/m1/s1. The zero-order chi connectivity index (χ0) is 28.7. The number of esters is 1. The smallest absolute Gasteiger partial charge is 0.333 e. The summed E-state index contributed by atoms with van der Waals surface area (Å²) in [7, 11) is 3.44. The van der Waals surface area contributed by atoms with Crippen molar-refractivity contribution in [2.45, 2.75) is 85.9 Å². The second kappa shape index (κ2) is 13.4. The van der Waals surface area contributed by atoms with E-state index in [-0.39, 0.29) is 30.4 Å². The van der Waals surface area contributed by atoms with E-state index in [1.54, 1.807) is 51.1 Å². The van der Waals surface area contributed by atoms with Crippen molar-refractivity contribution in [3.8, 4) is 0 Å². The van der Waals surface area contributed by atoms with Crippen LogP contribution in [0, 0.1) is 11.3 Å². The Bertz CT molecular complexity index is 964. The molecule has 0 saturated carbocycles. The molecule has 0 aliphatic heterocycles. The summed E-state index contributed by atoms with van der Waals surface area (Å²) in [5, 5.41) is 6.80. The molecule has 3 atom stereocenters. The van der Waals surface area contributed by atoms with E-state index in [0.717, 1.165) is 5.56 Å². The molecule has 2 amide bonds. The number of likely N-dealkylation sites (N-methyl/N-ethyl adjacent to an activating group) is 2. The van der Waals surface area contributed by atoms with Crippen molar-refractivity contribution in [2.75, 3.05) is 20.7 Å². The van der Waals surface area contributed by atoms with Crippen LogP contribution in [-0.4, -0.2) is 61.5 Å². The highest BCUT2D eigenvalue weighted by molar-refractivity contribution is 6.30. The van der Waals surface area contributed by atoms with Crippen molar-refractivity contribution in [3.63, 3.8) is 0 Å². The molecule has 2 N–H and O–H groups in total. The first-order valence-corrected chi connectivity index (χ1v) is 13.2. The summed E-state index contributed by atoms with van der Waals surface area (Å²) in [5.74, 6) is -0.880. The van der Waals surface area contributed by atoms with E-state index in [2.05, 4.69) is 10.6 Å². The van der Waals surface area contributed by atoms with Gasteiger partial charge in [-0.15, -0.1) is 0 Å². The van der Waals surface area contributed by atoms with E-state index >= 15 is 0 Å². The van der Waals surface area contributed by atoms with Crippen LogP contribution in [0.3, 0.4) is 0 Å². The monoisotopic (exact) mass is 535 g/mol. The van der Waals surface area contributed by atoms with Gasteiger partial charge in [0.05, 0.1) is 18.7 Å². The van der Waals surface area contributed by atoms with Crippen molar-refractivity contribution in [2.24, 2.45) is 11.3 Å². The average molecular weight is 536 g/mol. The lowest BCUT2D eigenvalue weighted by atomic mass is 9.76. The minimum absolute atomic E-state index is 0.0311. The molecule has 7 nitrogen and oxygen atoms in total. The Morgan fingerprint density at radius 2 is 1.59 bits per heavy atom. The predicted octanol–water partition coefficient (Wildman–Crippen LogP) is 4.73. The minimum atomic E-state index is -0.792. The van der Waals surface area contributed by atoms with E-state index in [0.29, 0.717) is 10.6 Å². The van der Waals surface area contributed by atoms with Gasteiger partial charge in [-0.1, -0.05) is 78.3 Å². The van der Waals surface area contributed by atoms with Gasteiger partial charge < -0.3 is 20.3 Å². The van der Waals surface area contributed by atoms with E-state index in [1.165, 1.54) is 0 Å². The van der Waals surface area contributed by atoms with E-state index < -0.39 is 28.9 Å². The van der Waals surface area contributed by atoms with Crippen LogP contribution < -0.4 is 10.6 Å². The van der Waals surface area contributed by atoms with Crippen LogP contribution in [-0.2, 0) is 24.5 Å². The fraction of sp³-hybridized carbons (Fsp3) is 0.621. The number of rotatable bonds is 11. The molecular weight excluding hydrogens is 490 g/mol. The summed E-state index contributed by atoms with van der Waals surface area (Å²) < 4.78 is 5.11. The largest absolute Gasteiger partial charge is 0.463 e. The number of hydrogen-bond donors (Lipinski definition) is 2. The number of ether oxygens (including phenoxy) is 1. The Kier molecular flexibility index (Phi) is 11.8. The van der Waals surface area contributed by atoms with Crippen LogP contribution in [0.1, 0.15) is 67.9 Å². The van der Waals surface area contributed by atoms with Crippen molar-refractivity contribution in [3.05, 3.63) is 46.5 Å². The third kappa shape index (κ3) is 8.57. The van der Waals surface area contributed by atoms with Gasteiger partial charge in [0, 0.05) is 23.1 Å². The first kappa shape index (κ1) is 32.6. The molecule has 1 unspecified atom stereocenters. The summed E-state index contributed by atoms with van der Waals surface area (Å²) >= 11 is 6.07. The molecule has 37 heavy (non-hydrogen) atoms. The SMILES string of the molecule is CCOC(=O)C(C)=C[C@H](C(C)C)N(C)C(=O)C(NC(=O)[C@H](NC)C(C)(C)c1ccc(Cl)cc1)C(C)(C)C. The molecule has 0 heterocycles. The predicted molar refractivity (Wildman–Crippen MR) is 150 cm³/mol. The molecular formula is C29H46ClN3O4. The molecule has 1 aromatic rings. The summed E-state index contributed by atoms with van der Waals surface area (Å²) in [6.45, 7) is 17.4. The quantitative estimate of drug-likeness (QED) is 0.316. The van der Waals surface area contributed by atoms with E-state index in [1.807, 2.05) is 60.6 Å². The molecule has 1 aromatic carbocycles.